The Balaban J connectivity index is 0. The smallest absolute Gasteiger partial charge is 0.0744 e. The molecule has 0 aromatic carbocycles. The van der Waals surface area contributed by atoms with Gasteiger partial charge < -0.3 is 10.4 Å². The van der Waals surface area contributed by atoms with E-state index in [1.54, 1.807) is 0 Å². The summed E-state index contributed by atoms with van der Waals surface area (Å²) in [5, 5.41) is 12.7. The number of rotatable bonds is 1. The van der Waals surface area contributed by atoms with E-state index in [0.717, 1.165) is 19.4 Å². The summed E-state index contributed by atoms with van der Waals surface area (Å²) in [6.07, 6.45) is 1.68. The molecule has 0 radical (unpaired) electrons. The maximum atomic E-state index is 9.73. The monoisotopic (exact) mass is 200 g/mol. The van der Waals surface area contributed by atoms with Crippen LogP contribution in [0.15, 0.2) is 0 Å². The highest BCUT2D eigenvalue weighted by atomic mass is 32.1. The van der Waals surface area contributed by atoms with Crippen LogP contribution in [0.3, 0.4) is 0 Å². The van der Waals surface area contributed by atoms with E-state index >= 15 is 0 Å². The fourth-order valence-corrected chi connectivity index (χ4v) is 1.16. The highest BCUT2D eigenvalue weighted by Gasteiger charge is 2.28. The van der Waals surface area contributed by atoms with Crippen LogP contribution >= 0.6 is 27.0 Å². The fraction of sp³-hybridized carbons (Fsp3) is 1.00. The van der Waals surface area contributed by atoms with Gasteiger partial charge in [0.2, 0.25) is 0 Å². The number of nitrogens with one attached hydrogen (secondary N) is 1. The van der Waals surface area contributed by atoms with Gasteiger partial charge in [-0.1, -0.05) is 0 Å². The van der Waals surface area contributed by atoms with E-state index in [0.29, 0.717) is 0 Å². The molecule has 1 aliphatic rings. The van der Waals surface area contributed by atoms with E-state index in [4.69, 9.17) is 4.11 Å². The van der Waals surface area contributed by atoms with E-state index in [1.165, 1.54) is 6.92 Å². The Kier molecular flexibility index (Phi) is 3.96. The summed E-state index contributed by atoms with van der Waals surface area (Å²) >= 11 is 0. The predicted molar refractivity (Wildman–Crippen MR) is 58.1 cm³/mol. The zero-order valence-electron chi connectivity index (χ0n) is 9.65. The first kappa shape index (κ1) is 8.23. The van der Waals surface area contributed by atoms with E-state index in [2.05, 4.69) is 5.32 Å². The van der Waals surface area contributed by atoms with Crippen molar-refractivity contribution < 1.29 is 9.22 Å². The lowest BCUT2D eigenvalue weighted by Gasteiger charge is -2.25. The van der Waals surface area contributed by atoms with Crippen LogP contribution in [0.5, 0.6) is 0 Å². The number of aliphatic hydroxyl groups is 1. The van der Waals surface area contributed by atoms with Gasteiger partial charge in [0, 0.05) is 10.2 Å². The fourth-order valence-electron chi connectivity index (χ4n) is 1.16. The molecule has 11 heavy (non-hydrogen) atoms. The SMILES string of the molecule is S.S.[2H]C([2H])([2H])[C@](C)(O)[C@@H]1CCCN1. The molecular formula is C7H19NOS2. The summed E-state index contributed by atoms with van der Waals surface area (Å²) in [5.74, 6) is 0. The molecule has 0 bridgehead atoms. The Morgan fingerprint density at radius 1 is 1.64 bits per heavy atom. The highest BCUT2D eigenvalue weighted by molar-refractivity contribution is 7.59. The molecule has 2 atom stereocenters. The van der Waals surface area contributed by atoms with Crippen LogP contribution in [0.4, 0.5) is 0 Å². The Morgan fingerprint density at radius 3 is 2.64 bits per heavy atom. The minimum Gasteiger partial charge on any atom is -0.389 e. The van der Waals surface area contributed by atoms with Crippen LogP contribution < -0.4 is 5.32 Å². The van der Waals surface area contributed by atoms with Gasteiger partial charge in [-0.05, 0) is 33.2 Å². The highest BCUT2D eigenvalue weighted by Crippen LogP contribution is 2.17. The summed E-state index contributed by atoms with van der Waals surface area (Å²) in [5.41, 5.74) is -1.59. The number of hydrogen-bond donors (Lipinski definition) is 2. The van der Waals surface area contributed by atoms with Crippen LogP contribution in [0.2, 0.25) is 0 Å². The molecule has 0 spiro atoms. The molecule has 4 heteroatoms. The van der Waals surface area contributed by atoms with Crippen LogP contribution in [-0.4, -0.2) is 23.3 Å². The van der Waals surface area contributed by atoms with Crippen molar-refractivity contribution in [3.63, 3.8) is 0 Å². The van der Waals surface area contributed by atoms with Crippen molar-refractivity contribution in [1.82, 2.24) is 5.32 Å². The average Bonchev–Trinajstić information content (AvgIpc) is 2.34. The van der Waals surface area contributed by atoms with Crippen LogP contribution in [0.1, 0.15) is 30.7 Å². The molecule has 0 unspecified atom stereocenters. The lowest BCUT2D eigenvalue weighted by Crippen LogP contribution is -2.42. The van der Waals surface area contributed by atoms with Gasteiger partial charge in [-0.3, -0.25) is 0 Å². The van der Waals surface area contributed by atoms with Gasteiger partial charge in [0.15, 0.2) is 0 Å². The molecule has 0 aliphatic carbocycles. The average molecular weight is 200 g/mol. The molecule has 2 N–H and O–H groups in total. The first-order valence-corrected chi connectivity index (χ1v) is 3.31. The van der Waals surface area contributed by atoms with E-state index in [1.807, 2.05) is 0 Å². The molecule has 0 aromatic rings. The minimum absolute atomic E-state index is 0. The van der Waals surface area contributed by atoms with Gasteiger partial charge in [0.1, 0.15) is 0 Å². The molecule has 70 valence electrons. The molecule has 0 aromatic heterocycles. The van der Waals surface area contributed by atoms with Gasteiger partial charge in [0.25, 0.3) is 0 Å². The Labute approximate surface area is 86.9 Å². The van der Waals surface area contributed by atoms with Crippen molar-refractivity contribution in [2.45, 2.75) is 38.3 Å². The summed E-state index contributed by atoms with van der Waals surface area (Å²) in [4.78, 5) is 0. The molecule has 1 rings (SSSR count). The molecule has 1 aliphatic heterocycles. The number of hydrogen-bond acceptors (Lipinski definition) is 2. The third-order valence-electron chi connectivity index (χ3n) is 1.74. The molecule has 2 nitrogen and oxygen atoms in total. The van der Waals surface area contributed by atoms with Gasteiger partial charge in [0.05, 0.1) is 5.60 Å². The lowest BCUT2D eigenvalue weighted by atomic mass is 9.98. The molecule has 0 saturated carbocycles. The summed E-state index contributed by atoms with van der Waals surface area (Å²) in [6, 6.07) is -0.287. The second-order valence-corrected chi connectivity index (χ2v) is 2.80. The largest absolute Gasteiger partial charge is 0.389 e. The van der Waals surface area contributed by atoms with E-state index < -0.39 is 12.5 Å². The zero-order chi connectivity index (χ0) is 9.41. The van der Waals surface area contributed by atoms with Crippen molar-refractivity contribution in [1.29, 1.82) is 0 Å². The minimum atomic E-state index is -2.30. The maximum Gasteiger partial charge on any atom is 0.0744 e. The first-order valence-electron chi connectivity index (χ1n) is 4.81. The zero-order valence-corrected chi connectivity index (χ0v) is 8.65. The summed E-state index contributed by atoms with van der Waals surface area (Å²) < 4.78 is 21.4. The second kappa shape index (κ2) is 5.30. The third-order valence-corrected chi connectivity index (χ3v) is 1.74. The Hall–Kier alpha value is 0.620. The van der Waals surface area contributed by atoms with Gasteiger partial charge >= 0.3 is 0 Å². The van der Waals surface area contributed by atoms with Crippen molar-refractivity contribution in [3.8, 4) is 0 Å². The van der Waals surface area contributed by atoms with Crippen LogP contribution in [-0.2, 0) is 0 Å². The van der Waals surface area contributed by atoms with Crippen LogP contribution in [0, 0.1) is 0 Å². The quantitative estimate of drug-likeness (QED) is 0.654. The Bertz CT molecular complexity index is 169. The van der Waals surface area contributed by atoms with Gasteiger partial charge in [-0.15, -0.1) is 0 Å². The van der Waals surface area contributed by atoms with Crippen molar-refractivity contribution in [3.05, 3.63) is 0 Å². The van der Waals surface area contributed by atoms with Crippen molar-refractivity contribution >= 4 is 27.0 Å². The first-order chi connectivity index (χ1) is 5.36. The summed E-state index contributed by atoms with van der Waals surface area (Å²) in [6.45, 7) is -0.116. The van der Waals surface area contributed by atoms with Crippen molar-refractivity contribution in [2.24, 2.45) is 0 Å². The molecule has 1 saturated heterocycles. The second-order valence-electron chi connectivity index (χ2n) is 2.80. The third kappa shape index (κ3) is 4.25. The van der Waals surface area contributed by atoms with E-state index in [9.17, 15) is 5.11 Å². The molecule has 1 heterocycles. The van der Waals surface area contributed by atoms with Crippen molar-refractivity contribution in [2.75, 3.05) is 6.54 Å². The predicted octanol–water partition coefficient (Wildman–Crippen LogP) is 0.735. The maximum absolute atomic E-state index is 9.73. The van der Waals surface area contributed by atoms with Gasteiger partial charge in [-0.2, -0.15) is 27.0 Å². The normalized spacial score (nSPS) is 33.3. The van der Waals surface area contributed by atoms with Gasteiger partial charge in [-0.25, -0.2) is 0 Å². The Morgan fingerprint density at radius 2 is 2.27 bits per heavy atom. The molecule has 1 fully saturated rings. The lowest BCUT2D eigenvalue weighted by molar-refractivity contribution is 0.0449. The summed E-state index contributed by atoms with van der Waals surface area (Å²) in [7, 11) is 0. The standard InChI is InChI=1S/C7H15NO.2H2S/c1-7(2,9)6-4-3-5-8-6;;/h6,8-9H,3-5H2,1-2H3;2*1H2/t6-;;/m0../s1/i1D3;;/t6-,7+;;. The molecular weight excluding hydrogens is 178 g/mol. The topological polar surface area (TPSA) is 32.3 Å². The van der Waals surface area contributed by atoms with E-state index in [-0.39, 0.29) is 33.0 Å². The molecule has 0 amide bonds. The van der Waals surface area contributed by atoms with Crippen LogP contribution in [0.25, 0.3) is 0 Å².